The summed E-state index contributed by atoms with van der Waals surface area (Å²) in [6, 6.07) is 0. The van der Waals surface area contributed by atoms with Gasteiger partial charge in [-0.1, -0.05) is 0 Å². The van der Waals surface area contributed by atoms with Crippen LogP contribution in [0.2, 0.25) is 0 Å². The Hall–Kier alpha value is -0.280. The highest BCUT2D eigenvalue weighted by atomic mass is 32.2. The van der Waals surface area contributed by atoms with E-state index in [2.05, 4.69) is 4.99 Å². The fraction of sp³-hybridized carbons (Fsp3) is 0.571. The number of nitrogens with zero attached hydrogens (tertiary/aromatic N) is 1. The van der Waals surface area contributed by atoms with Gasteiger partial charge in [0.05, 0.1) is 5.03 Å². The zero-order valence-corrected chi connectivity index (χ0v) is 6.77. The van der Waals surface area contributed by atoms with Gasteiger partial charge in [-0.2, -0.15) is 0 Å². The van der Waals surface area contributed by atoms with Crippen LogP contribution in [0.3, 0.4) is 0 Å². The van der Waals surface area contributed by atoms with Crippen LogP contribution in [0.1, 0.15) is 6.42 Å². The first-order chi connectivity index (χ1) is 4.86. The molecule has 0 aromatic rings. The van der Waals surface area contributed by atoms with Crippen molar-refractivity contribution in [2.24, 2.45) is 10.9 Å². The first-order valence-corrected chi connectivity index (χ1v) is 4.48. The second kappa shape index (κ2) is 3.78. The van der Waals surface area contributed by atoms with E-state index < -0.39 is 0 Å². The zero-order chi connectivity index (χ0) is 7.40. The highest BCUT2D eigenvalue weighted by Gasteiger charge is 2.07. The zero-order valence-electron chi connectivity index (χ0n) is 5.95. The van der Waals surface area contributed by atoms with Gasteiger partial charge in [0.1, 0.15) is 0 Å². The summed E-state index contributed by atoms with van der Waals surface area (Å²) in [6.07, 6.45) is 6.75. The molecule has 0 fully saturated rings. The molecule has 0 aromatic heterocycles. The first kappa shape index (κ1) is 7.82. The van der Waals surface area contributed by atoms with E-state index in [1.807, 2.05) is 18.5 Å². The van der Waals surface area contributed by atoms with Gasteiger partial charge in [0, 0.05) is 18.7 Å². The van der Waals surface area contributed by atoms with Crippen LogP contribution in [0.15, 0.2) is 16.1 Å². The molecule has 3 heteroatoms. The molecule has 0 saturated heterocycles. The third-order valence-electron chi connectivity index (χ3n) is 1.45. The maximum absolute atomic E-state index is 8.79. The van der Waals surface area contributed by atoms with Gasteiger partial charge in [0.15, 0.2) is 0 Å². The molecule has 10 heavy (non-hydrogen) atoms. The number of aliphatic hydroxyl groups is 1. The van der Waals surface area contributed by atoms with Crippen molar-refractivity contribution in [1.82, 2.24) is 0 Å². The Morgan fingerprint density at radius 3 is 3.30 bits per heavy atom. The fourth-order valence-electron chi connectivity index (χ4n) is 0.839. The molecular formula is C7H11NOS. The summed E-state index contributed by atoms with van der Waals surface area (Å²) in [6.45, 7) is 0.232. The van der Waals surface area contributed by atoms with Crippen molar-refractivity contribution in [3.8, 4) is 0 Å². The molecule has 0 radical (unpaired) electrons. The van der Waals surface area contributed by atoms with Gasteiger partial charge in [-0.15, -0.1) is 11.8 Å². The van der Waals surface area contributed by atoms with Gasteiger partial charge in [0.2, 0.25) is 0 Å². The standard InChI is InChI=1S/C7H11NOS/c1-10-7-4-6(5-9)2-3-8-7/h3-4,6,9H,2,5H2,1H3. The Balaban J connectivity index is 2.56. The lowest BCUT2D eigenvalue weighted by Gasteiger charge is -2.11. The predicted octanol–water partition coefficient (Wildman–Crippen LogP) is 1.27. The summed E-state index contributed by atoms with van der Waals surface area (Å²) in [5.74, 6) is 0.292. The van der Waals surface area contributed by atoms with Crippen LogP contribution in [-0.2, 0) is 0 Å². The molecule has 1 unspecified atom stereocenters. The maximum Gasteiger partial charge on any atom is 0.0917 e. The van der Waals surface area contributed by atoms with Gasteiger partial charge < -0.3 is 5.11 Å². The molecule has 1 heterocycles. The van der Waals surface area contributed by atoms with E-state index in [0.717, 1.165) is 11.4 Å². The van der Waals surface area contributed by atoms with E-state index in [9.17, 15) is 0 Å². The minimum absolute atomic E-state index is 0.232. The smallest absolute Gasteiger partial charge is 0.0917 e. The molecule has 0 amide bonds. The quantitative estimate of drug-likeness (QED) is 0.654. The number of thioether (sulfide) groups is 1. The van der Waals surface area contributed by atoms with Crippen LogP contribution in [-0.4, -0.2) is 24.2 Å². The molecule has 1 aliphatic heterocycles. The second-order valence-corrected chi connectivity index (χ2v) is 3.03. The van der Waals surface area contributed by atoms with E-state index >= 15 is 0 Å². The number of aliphatic imine (C=N–C) groups is 1. The molecule has 2 nitrogen and oxygen atoms in total. The van der Waals surface area contributed by atoms with Crippen molar-refractivity contribution in [2.45, 2.75) is 6.42 Å². The normalized spacial score (nSPS) is 24.6. The van der Waals surface area contributed by atoms with E-state index in [4.69, 9.17) is 5.11 Å². The van der Waals surface area contributed by atoms with Crippen molar-refractivity contribution < 1.29 is 5.11 Å². The molecule has 0 bridgehead atoms. The van der Waals surface area contributed by atoms with Crippen LogP contribution in [0, 0.1) is 5.92 Å². The van der Waals surface area contributed by atoms with Gasteiger partial charge in [0.25, 0.3) is 0 Å². The molecule has 1 atom stereocenters. The van der Waals surface area contributed by atoms with Gasteiger partial charge in [-0.25, -0.2) is 0 Å². The van der Waals surface area contributed by atoms with Crippen LogP contribution in [0.5, 0.6) is 0 Å². The summed E-state index contributed by atoms with van der Waals surface area (Å²) in [4.78, 5) is 4.13. The first-order valence-electron chi connectivity index (χ1n) is 3.26. The fourth-order valence-corrected chi connectivity index (χ4v) is 1.35. The lowest BCUT2D eigenvalue weighted by molar-refractivity contribution is 0.255. The minimum atomic E-state index is 0.232. The Morgan fingerprint density at radius 1 is 1.90 bits per heavy atom. The molecule has 0 aliphatic carbocycles. The molecule has 1 rings (SSSR count). The van der Waals surface area contributed by atoms with Gasteiger partial charge in [-0.3, -0.25) is 4.99 Å². The average molecular weight is 157 g/mol. The van der Waals surface area contributed by atoms with Crippen LogP contribution in [0.4, 0.5) is 0 Å². The Labute approximate surface area is 65.0 Å². The number of rotatable bonds is 2. The Kier molecular flexibility index (Phi) is 2.96. The maximum atomic E-state index is 8.79. The van der Waals surface area contributed by atoms with E-state index in [1.54, 1.807) is 11.8 Å². The highest BCUT2D eigenvalue weighted by Crippen LogP contribution is 2.20. The lowest BCUT2D eigenvalue weighted by Crippen LogP contribution is -2.06. The Bertz CT molecular complexity index is 165. The van der Waals surface area contributed by atoms with Crippen molar-refractivity contribution in [3.63, 3.8) is 0 Å². The summed E-state index contributed by atoms with van der Waals surface area (Å²) in [7, 11) is 0. The molecule has 56 valence electrons. The third kappa shape index (κ3) is 1.85. The molecule has 0 saturated carbocycles. The average Bonchev–Trinajstić information content (AvgIpc) is 2.05. The van der Waals surface area contributed by atoms with Crippen molar-refractivity contribution in [3.05, 3.63) is 11.1 Å². The summed E-state index contributed by atoms with van der Waals surface area (Å²) < 4.78 is 0. The summed E-state index contributed by atoms with van der Waals surface area (Å²) in [5.41, 5.74) is 0. The highest BCUT2D eigenvalue weighted by molar-refractivity contribution is 8.02. The topological polar surface area (TPSA) is 32.6 Å². The molecule has 0 spiro atoms. The monoisotopic (exact) mass is 157 g/mol. The molecule has 1 aliphatic rings. The minimum Gasteiger partial charge on any atom is -0.396 e. The Morgan fingerprint density at radius 2 is 2.70 bits per heavy atom. The third-order valence-corrected chi connectivity index (χ3v) is 2.11. The number of hydrogen-bond acceptors (Lipinski definition) is 3. The van der Waals surface area contributed by atoms with Crippen molar-refractivity contribution >= 4 is 18.0 Å². The van der Waals surface area contributed by atoms with Crippen LogP contribution >= 0.6 is 11.8 Å². The summed E-state index contributed by atoms with van der Waals surface area (Å²) in [5, 5.41) is 9.81. The van der Waals surface area contributed by atoms with E-state index in [-0.39, 0.29) is 6.61 Å². The number of hydrogen-bond donors (Lipinski definition) is 1. The van der Waals surface area contributed by atoms with Crippen LogP contribution in [0.25, 0.3) is 0 Å². The largest absolute Gasteiger partial charge is 0.396 e. The number of aliphatic hydroxyl groups excluding tert-OH is 1. The molecule has 1 N–H and O–H groups in total. The molecular weight excluding hydrogens is 146 g/mol. The lowest BCUT2D eigenvalue weighted by atomic mass is 10.1. The van der Waals surface area contributed by atoms with E-state index in [0.29, 0.717) is 5.92 Å². The van der Waals surface area contributed by atoms with Gasteiger partial charge >= 0.3 is 0 Å². The predicted molar refractivity (Wildman–Crippen MR) is 45.3 cm³/mol. The van der Waals surface area contributed by atoms with Crippen molar-refractivity contribution in [1.29, 1.82) is 0 Å². The second-order valence-electron chi connectivity index (χ2n) is 2.20. The summed E-state index contributed by atoms with van der Waals surface area (Å²) >= 11 is 1.62. The van der Waals surface area contributed by atoms with Gasteiger partial charge in [-0.05, 0) is 18.8 Å². The van der Waals surface area contributed by atoms with Crippen molar-refractivity contribution in [2.75, 3.05) is 12.9 Å². The molecule has 0 aromatic carbocycles. The van der Waals surface area contributed by atoms with Crippen LogP contribution < -0.4 is 0 Å². The van der Waals surface area contributed by atoms with E-state index in [1.165, 1.54) is 0 Å². The SMILES string of the molecule is CSC1=CC(CO)CC=N1.